The summed E-state index contributed by atoms with van der Waals surface area (Å²) < 4.78 is 14.7. The van der Waals surface area contributed by atoms with E-state index in [1.165, 1.54) is 0 Å². The Morgan fingerprint density at radius 2 is 1.92 bits per heavy atom. The lowest BCUT2D eigenvalue weighted by Crippen LogP contribution is -2.25. The van der Waals surface area contributed by atoms with E-state index >= 15 is 0 Å². The van der Waals surface area contributed by atoms with Gasteiger partial charge in [0.1, 0.15) is 5.82 Å². The summed E-state index contributed by atoms with van der Waals surface area (Å²) in [4.78, 5) is 17.3. The molecule has 3 aromatic carbocycles. The second kappa shape index (κ2) is 13.8. The second-order valence-corrected chi connectivity index (χ2v) is 9.99. The molecule has 1 aromatic heterocycles. The molecule has 0 fully saturated rings. The summed E-state index contributed by atoms with van der Waals surface area (Å²) in [7, 11) is 1.66. The maximum atomic E-state index is 12.4. The molecule has 198 valence electrons. The summed E-state index contributed by atoms with van der Waals surface area (Å²) in [5.41, 5.74) is 3.94. The van der Waals surface area contributed by atoms with Gasteiger partial charge >= 0.3 is 0 Å². The predicted octanol–water partition coefficient (Wildman–Crippen LogP) is 6.76. The molecule has 0 saturated heterocycles. The van der Waals surface area contributed by atoms with Gasteiger partial charge in [0, 0.05) is 29.5 Å². The van der Waals surface area contributed by atoms with Crippen LogP contribution in [0.1, 0.15) is 41.0 Å². The molecule has 0 aliphatic heterocycles. The average molecular weight is 577 g/mol. The van der Waals surface area contributed by atoms with Crippen molar-refractivity contribution in [2.24, 2.45) is 0 Å². The van der Waals surface area contributed by atoms with Gasteiger partial charge in [0.2, 0.25) is 0 Å². The Morgan fingerprint density at radius 3 is 2.74 bits per heavy atom. The molecule has 0 atom stereocenters. The highest BCUT2D eigenvalue weighted by Gasteiger charge is 2.11. The zero-order chi connectivity index (χ0) is 26.7. The molecule has 4 aromatic rings. The molecule has 0 bridgehead atoms. The SMILES string of the molecule is C=CCc1ccc(OCCCCn2c(CCCNC(=O)c3cccc(Br)c3)nc3ccccc32)c(OC)c1. The number of hydrogen-bond donors (Lipinski definition) is 1. The van der Waals surface area contributed by atoms with Crippen LogP contribution < -0.4 is 14.8 Å². The molecule has 38 heavy (non-hydrogen) atoms. The van der Waals surface area contributed by atoms with Gasteiger partial charge in [-0.1, -0.05) is 46.3 Å². The third-order valence-corrected chi connectivity index (χ3v) is 6.82. The second-order valence-electron chi connectivity index (χ2n) is 9.07. The van der Waals surface area contributed by atoms with E-state index in [0.29, 0.717) is 18.7 Å². The number of amides is 1. The number of nitrogens with zero attached hydrogens (tertiary/aromatic N) is 2. The fraction of sp³-hybridized carbons (Fsp3) is 0.290. The molecule has 0 saturated carbocycles. The number of halogens is 1. The maximum Gasteiger partial charge on any atom is 0.251 e. The van der Waals surface area contributed by atoms with Crippen molar-refractivity contribution in [3.05, 3.63) is 101 Å². The molecule has 0 aliphatic rings. The van der Waals surface area contributed by atoms with E-state index in [4.69, 9.17) is 14.5 Å². The van der Waals surface area contributed by atoms with Crippen LogP contribution in [0.4, 0.5) is 0 Å². The van der Waals surface area contributed by atoms with Gasteiger partial charge < -0.3 is 19.4 Å². The number of hydrogen-bond acceptors (Lipinski definition) is 4. The number of unbranched alkanes of at least 4 members (excludes halogenated alkanes) is 1. The smallest absolute Gasteiger partial charge is 0.251 e. The van der Waals surface area contributed by atoms with Gasteiger partial charge in [-0.15, -0.1) is 6.58 Å². The van der Waals surface area contributed by atoms with Crippen LogP contribution in [-0.2, 0) is 19.4 Å². The minimum Gasteiger partial charge on any atom is -0.493 e. The van der Waals surface area contributed by atoms with Crippen molar-refractivity contribution in [1.29, 1.82) is 0 Å². The number of carbonyl (C=O) groups excluding carboxylic acids is 1. The number of methoxy groups -OCH3 is 1. The van der Waals surface area contributed by atoms with Crippen molar-refractivity contribution in [2.75, 3.05) is 20.3 Å². The number of nitrogens with one attached hydrogen (secondary N) is 1. The molecular weight excluding hydrogens is 542 g/mol. The number of aromatic nitrogens is 2. The van der Waals surface area contributed by atoms with E-state index < -0.39 is 0 Å². The van der Waals surface area contributed by atoms with Crippen LogP contribution >= 0.6 is 15.9 Å². The van der Waals surface area contributed by atoms with Crippen molar-refractivity contribution in [1.82, 2.24) is 14.9 Å². The number of rotatable bonds is 14. The van der Waals surface area contributed by atoms with Crippen molar-refractivity contribution in [3.8, 4) is 11.5 Å². The number of imidazole rings is 1. The third kappa shape index (κ3) is 7.25. The number of allylic oxidation sites excluding steroid dienone is 1. The lowest BCUT2D eigenvalue weighted by atomic mass is 10.1. The highest BCUT2D eigenvalue weighted by atomic mass is 79.9. The molecule has 6 nitrogen and oxygen atoms in total. The maximum absolute atomic E-state index is 12.4. The van der Waals surface area contributed by atoms with Gasteiger partial charge in [-0.05, 0) is 73.7 Å². The summed E-state index contributed by atoms with van der Waals surface area (Å²) in [6, 6.07) is 21.7. The van der Waals surface area contributed by atoms with Gasteiger partial charge in [-0.3, -0.25) is 4.79 Å². The number of aryl methyl sites for hydroxylation is 2. The van der Waals surface area contributed by atoms with Gasteiger partial charge in [-0.25, -0.2) is 4.98 Å². The summed E-state index contributed by atoms with van der Waals surface area (Å²) in [6.45, 7) is 5.86. The third-order valence-electron chi connectivity index (χ3n) is 6.32. The number of carbonyl (C=O) groups is 1. The molecule has 0 aliphatic carbocycles. The molecule has 4 rings (SSSR count). The Hall–Kier alpha value is -3.58. The summed E-state index contributed by atoms with van der Waals surface area (Å²) in [5.74, 6) is 2.49. The van der Waals surface area contributed by atoms with E-state index in [0.717, 1.165) is 77.0 Å². The number of fused-ring (bicyclic) bond motifs is 1. The minimum atomic E-state index is -0.0632. The standard InChI is InChI=1S/C31H34BrN3O3/c1-3-10-23-16-17-28(29(21-23)37-2)38-20-7-6-19-35-27-14-5-4-13-26(27)34-30(35)15-9-18-33-31(36)24-11-8-12-25(32)22-24/h3-5,8,11-14,16-17,21-22H,1,6-7,9-10,15,18-20H2,2H3,(H,33,36). The summed E-state index contributed by atoms with van der Waals surface area (Å²) in [5, 5.41) is 3.02. The van der Waals surface area contributed by atoms with Crippen molar-refractivity contribution in [2.45, 2.75) is 38.6 Å². The molecule has 0 spiro atoms. The Kier molecular flexibility index (Phi) is 9.98. The van der Waals surface area contributed by atoms with Gasteiger partial charge in [0.25, 0.3) is 5.91 Å². The normalized spacial score (nSPS) is 10.9. The van der Waals surface area contributed by atoms with E-state index in [-0.39, 0.29) is 5.91 Å². The van der Waals surface area contributed by atoms with Crippen LogP contribution in [0.3, 0.4) is 0 Å². The van der Waals surface area contributed by atoms with Crippen molar-refractivity contribution >= 4 is 32.9 Å². The highest BCUT2D eigenvalue weighted by molar-refractivity contribution is 9.10. The molecule has 0 unspecified atom stereocenters. The van der Waals surface area contributed by atoms with E-state index in [1.807, 2.05) is 60.7 Å². The summed E-state index contributed by atoms with van der Waals surface area (Å²) >= 11 is 3.42. The summed E-state index contributed by atoms with van der Waals surface area (Å²) in [6.07, 6.45) is 6.15. The van der Waals surface area contributed by atoms with Crippen LogP contribution in [0, 0.1) is 0 Å². The Labute approximate surface area is 232 Å². The van der Waals surface area contributed by atoms with E-state index in [2.05, 4.69) is 44.5 Å². The Morgan fingerprint density at radius 1 is 1.05 bits per heavy atom. The van der Waals surface area contributed by atoms with E-state index in [1.54, 1.807) is 7.11 Å². The Balaban J connectivity index is 1.29. The van der Waals surface area contributed by atoms with Gasteiger partial charge in [0.05, 0.1) is 24.8 Å². The Bertz CT molecular complexity index is 1380. The molecule has 1 amide bonds. The first-order chi connectivity index (χ1) is 18.6. The lowest BCUT2D eigenvalue weighted by Gasteiger charge is -2.13. The molecule has 7 heteroatoms. The van der Waals surface area contributed by atoms with Crippen molar-refractivity contribution in [3.63, 3.8) is 0 Å². The fourth-order valence-electron chi connectivity index (χ4n) is 4.42. The largest absolute Gasteiger partial charge is 0.493 e. The molecule has 1 N–H and O–H groups in total. The number of ether oxygens (including phenoxy) is 2. The predicted molar refractivity (Wildman–Crippen MR) is 156 cm³/mol. The lowest BCUT2D eigenvalue weighted by molar-refractivity contribution is 0.0953. The van der Waals surface area contributed by atoms with Crippen LogP contribution in [0.25, 0.3) is 11.0 Å². The molecular formula is C31H34BrN3O3. The minimum absolute atomic E-state index is 0.0632. The van der Waals surface area contributed by atoms with E-state index in [9.17, 15) is 4.79 Å². The van der Waals surface area contributed by atoms with Crippen LogP contribution in [-0.4, -0.2) is 35.7 Å². The first-order valence-corrected chi connectivity index (χ1v) is 13.8. The fourth-order valence-corrected chi connectivity index (χ4v) is 4.82. The zero-order valence-electron chi connectivity index (χ0n) is 21.8. The number of benzene rings is 3. The van der Waals surface area contributed by atoms with Gasteiger partial charge in [-0.2, -0.15) is 0 Å². The van der Waals surface area contributed by atoms with Crippen LogP contribution in [0.2, 0.25) is 0 Å². The molecule has 0 radical (unpaired) electrons. The first-order valence-electron chi connectivity index (χ1n) is 13.0. The highest BCUT2D eigenvalue weighted by Crippen LogP contribution is 2.28. The van der Waals surface area contributed by atoms with Gasteiger partial charge in [0.15, 0.2) is 11.5 Å². The van der Waals surface area contributed by atoms with Crippen LogP contribution in [0.15, 0.2) is 83.9 Å². The van der Waals surface area contributed by atoms with Crippen molar-refractivity contribution < 1.29 is 14.3 Å². The topological polar surface area (TPSA) is 65.4 Å². The average Bonchev–Trinajstić information content (AvgIpc) is 3.28. The quantitative estimate of drug-likeness (QED) is 0.133. The van der Waals surface area contributed by atoms with Crippen LogP contribution in [0.5, 0.6) is 11.5 Å². The zero-order valence-corrected chi connectivity index (χ0v) is 23.4. The monoisotopic (exact) mass is 575 g/mol. The first kappa shape index (κ1) is 27.5. The molecule has 1 heterocycles. The number of para-hydroxylation sites is 2.